The minimum atomic E-state index is 0.939. The second kappa shape index (κ2) is 6.17. The summed E-state index contributed by atoms with van der Waals surface area (Å²) in [6.45, 7) is 12.2. The van der Waals surface area contributed by atoms with Crippen molar-refractivity contribution in [2.45, 2.75) is 33.1 Å². The molecule has 2 heterocycles. The SMILES string of the molecule is CCC[C@@H]1CN(N2CCN(C)CC2)C[C@@H]1CC. The summed E-state index contributed by atoms with van der Waals surface area (Å²) < 4.78 is 0. The summed E-state index contributed by atoms with van der Waals surface area (Å²) in [5.41, 5.74) is 0. The van der Waals surface area contributed by atoms with E-state index in [4.69, 9.17) is 0 Å². The zero-order chi connectivity index (χ0) is 12.3. The van der Waals surface area contributed by atoms with E-state index in [-0.39, 0.29) is 0 Å². The molecule has 0 amide bonds. The van der Waals surface area contributed by atoms with Crippen LogP contribution in [0, 0.1) is 11.8 Å². The third kappa shape index (κ3) is 3.21. The van der Waals surface area contributed by atoms with Crippen molar-refractivity contribution in [3.05, 3.63) is 0 Å². The number of rotatable bonds is 4. The van der Waals surface area contributed by atoms with Gasteiger partial charge in [0.05, 0.1) is 0 Å². The summed E-state index contributed by atoms with van der Waals surface area (Å²) in [5, 5.41) is 5.26. The second-order valence-corrected chi connectivity index (χ2v) is 5.85. The molecule has 0 aromatic heterocycles. The lowest BCUT2D eigenvalue weighted by molar-refractivity contribution is -0.0402. The van der Waals surface area contributed by atoms with Crippen LogP contribution in [0.15, 0.2) is 0 Å². The van der Waals surface area contributed by atoms with E-state index in [0.717, 1.165) is 11.8 Å². The van der Waals surface area contributed by atoms with Crippen LogP contribution in [0.3, 0.4) is 0 Å². The molecule has 2 aliphatic heterocycles. The van der Waals surface area contributed by atoms with Gasteiger partial charge in [0.1, 0.15) is 0 Å². The molecule has 3 nitrogen and oxygen atoms in total. The molecule has 0 aromatic carbocycles. The fraction of sp³-hybridized carbons (Fsp3) is 1.00. The highest BCUT2D eigenvalue weighted by Gasteiger charge is 2.34. The Labute approximate surface area is 107 Å². The van der Waals surface area contributed by atoms with E-state index in [9.17, 15) is 0 Å². The van der Waals surface area contributed by atoms with Gasteiger partial charge in [0, 0.05) is 39.3 Å². The molecule has 0 aromatic rings. The minimum absolute atomic E-state index is 0.939. The molecule has 2 rings (SSSR count). The quantitative estimate of drug-likeness (QED) is 0.742. The first-order valence-electron chi connectivity index (χ1n) is 7.43. The van der Waals surface area contributed by atoms with Crippen LogP contribution in [-0.4, -0.2) is 61.2 Å². The van der Waals surface area contributed by atoms with Crippen molar-refractivity contribution < 1.29 is 0 Å². The van der Waals surface area contributed by atoms with E-state index in [0.29, 0.717) is 0 Å². The molecule has 0 unspecified atom stereocenters. The molecule has 0 saturated carbocycles. The Balaban J connectivity index is 1.86. The maximum absolute atomic E-state index is 2.65. The zero-order valence-corrected chi connectivity index (χ0v) is 11.9. The summed E-state index contributed by atoms with van der Waals surface area (Å²) in [4.78, 5) is 2.44. The summed E-state index contributed by atoms with van der Waals surface area (Å²) in [6.07, 6.45) is 4.12. The summed E-state index contributed by atoms with van der Waals surface area (Å²) in [7, 11) is 2.23. The predicted molar refractivity (Wildman–Crippen MR) is 72.8 cm³/mol. The molecule has 0 radical (unpaired) electrons. The lowest BCUT2D eigenvalue weighted by Crippen LogP contribution is -2.52. The molecule has 100 valence electrons. The van der Waals surface area contributed by atoms with E-state index in [2.05, 4.69) is 35.8 Å². The topological polar surface area (TPSA) is 9.72 Å². The van der Waals surface area contributed by atoms with Crippen LogP contribution in [0.25, 0.3) is 0 Å². The maximum Gasteiger partial charge on any atom is 0.0261 e. The standard InChI is InChI=1S/C14H29N3/c1-4-6-14-12-17(11-13(14)5-2)16-9-7-15(3)8-10-16/h13-14H,4-12H2,1-3H3/t13-,14+/m0/s1. The van der Waals surface area contributed by atoms with E-state index in [1.807, 2.05) is 0 Å². The maximum atomic E-state index is 2.65. The van der Waals surface area contributed by atoms with E-state index < -0.39 is 0 Å². The van der Waals surface area contributed by atoms with Gasteiger partial charge in [-0.15, -0.1) is 0 Å². The van der Waals surface area contributed by atoms with Gasteiger partial charge in [0.15, 0.2) is 0 Å². The molecule has 3 heteroatoms. The Morgan fingerprint density at radius 1 is 0.882 bits per heavy atom. The van der Waals surface area contributed by atoms with Crippen molar-refractivity contribution in [1.82, 2.24) is 14.9 Å². The van der Waals surface area contributed by atoms with E-state index >= 15 is 0 Å². The molecule has 2 fully saturated rings. The fourth-order valence-corrected chi connectivity index (χ4v) is 3.38. The van der Waals surface area contributed by atoms with Crippen LogP contribution >= 0.6 is 0 Å². The highest BCUT2D eigenvalue weighted by molar-refractivity contribution is 4.83. The summed E-state index contributed by atoms with van der Waals surface area (Å²) in [5.74, 6) is 1.89. The highest BCUT2D eigenvalue weighted by atomic mass is 15.6. The number of piperazine rings is 1. The Morgan fingerprint density at radius 2 is 1.53 bits per heavy atom. The number of nitrogens with zero attached hydrogens (tertiary/aromatic N) is 3. The van der Waals surface area contributed by atoms with Crippen molar-refractivity contribution in [1.29, 1.82) is 0 Å². The third-order valence-corrected chi connectivity index (χ3v) is 4.62. The Kier molecular flexibility index (Phi) is 4.83. The number of hydrogen-bond acceptors (Lipinski definition) is 3. The Morgan fingerprint density at radius 3 is 2.12 bits per heavy atom. The van der Waals surface area contributed by atoms with Gasteiger partial charge in [-0.2, -0.15) is 0 Å². The van der Waals surface area contributed by atoms with Crippen molar-refractivity contribution in [2.24, 2.45) is 11.8 Å². The lowest BCUT2D eigenvalue weighted by Gasteiger charge is -2.38. The van der Waals surface area contributed by atoms with Crippen LogP contribution in [0.1, 0.15) is 33.1 Å². The van der Waals surface area contributed by atoms with E-state index in [1.54, 1.807) is 0 Å². The normalized spacial score (nSPS) is 33.4. The van der Waals surface area contributed by atoms with Crippen LogP contribution in [0.4, 0.5) is 0 Å². The molecule has 17 heavy (non-hydrogen) atoms. The van der Waals surface area contributed by atoms with Crippen molar-refractivity contribution in [3.63, 3.8) is 0 Å². The van der Waals surface area contributed by atoms with Gasteiger partial charge in [-0.1, -0.05) is 26.7 Å². The molecule has 0 N–H and O–H groups in total. The monoisotopic (exact) mass is 239 g/mol. The number of likely N-dealkylation sites (N-methyl/N-ethyl adjacent to an activating group) is 1. The molecule has 2 aliphatic rings. The van der Waals surface area contributed by atoms with E-state index in [1.165, 1.54) is 58.5 Å². The average molecular weight is 239 g/mol. The highest BCUT2D eigenvalue weighted by Crippen LogP contribution is 2.30. The average Bonchev–Trinajstić information content (AvgIpc) is 2.74. The van der Waals surface area contributed by atoms with Crippen molar-refractivity contribution >= 4 is 0 Å². The Hall–Kier alpha value is -0.120. The first kappa shape index (κ1) is 13.3. The smallest absolute Gasteiger partial charge is 0.0261 e. The van der Waals surface area contributed by atoms with Crippen LogP contribution in [0.5, 0.6) is 0 Å². The van der Waals surface area contributed by atoms with Crippen molar-refractivity contribution in [2.75, 3.05) is 46.3 Å². The Bertz CT molecular complexity index is 224. The minimum Gasteiger partial charge on any atom is -0.304 e. The van der Waals surface area contributed by atoms with Crippen LogP contribution < -0.4 is 0 Å². The fourth-order valence-electron chi connectivity index (χ4n) is 3.38. The van der Waals surface area contributed by atoms with Gasteiger partial charge in [0.2, 0.25) is 0 Å². The van der Waals surface area contributed by atoms with Gasteiger partial charge in [-0.25, -0.2) is 10.0 Å². The predicted octanol–water partition coefficient (Wildman–Crippen LogP) is 1.91. The number of hydrazine groups is 1. The molecule has 0 spiro atoms. The van der Waals surface area contributed by atoms with Crippen LogP contribution in [-0.2, 0) is 0 Å². The van der Waals surface area contributed by atoms with Gasteiger partial charge in [-0.05, 0) is 25.3 Å². The summed E-state index contributed by atoms with van der Waals surface area (Å²) in [6, 6.07) is 0. The van der Waals surface area contributed by atoms with Gasteiger partial charge in [0.25, 0.3) is 0 Å². The van der Waals surface area contributed by atoms with Crippen molar-refractivity contribution in [3.8, 4) is 0 Å². The molecule has 2 saturated heterocycles. The molecular weight excluding hydrogens is 210 g/mol. The lowest BCUT2D eigenvalue weighted by atomic mass is 9.90. The third-order valence-electron chi connectivity index (χ3n) is 4.62. The number of hydrogen-bond donors (Lipinski definition) is 0. The van der Waals surface area contributed by atoms with Crippen LogP contribution in [0.2, 0.25) is 0 Å². The molecular formula is C14H29N3. The first-order chi connectivity index (χ1) is 8.24. The molecule has 0 bridgehead atoms. The van der Waals surface area contributed by atoms with Gasteiger partial charge in [-0.3, -0.25) is 0 Å². The molecule has 2 atom stereocenters. The second-order valence-electron chi connectivity index (χ2n) is 5.85. The largest absolute Gasteiger partial charge is 0.304 e. The summed E-state index contributed by atoms with van der Waals surface area (Å²) >= 11 is 0. The van der Waals surface area contributed by atoms with Gasteiger partial charge >= 0.3 is 0 Å². The van der Waals surface area contributed by atoms with Gasteiger partial charge < -0.3 is 4.90 Å². The molecule has 0 aliphatic carbocycles. The first-order valence-corrected chi connectivity index (χ1v) is 7.43. The zero-order valence-electron chi connectivity index (χ0n) is 11.9.